The smallest absolute Gasteiger partial charge is 0.251 e. The zero-order valence-corrected chi connectivity index (χ0v) is 14.7. The lowest BCUT2D eigenvalue weighted by atomic mass is 10.2. The van der Waals surface area contributed by atoms with Crippen LogP contribution in [0.25, 0.3) is 0 Å². The molecule has 0 fully saturated rings. The van der Waals surface area contributed by atoms with Crippen molar-refractivity contribution < 1.29 is 9.59 Å². The molecular formula is C19H25N3O2. The average Bonchev–Trinajstić information content (AvgIpc) is 2.85. The third-order valence-electron chi connectivity index (χ3n) is 4.03. The van der Waals surface area contributed by atoms with E-state index in [0.29, 0.717) is 18.2 Å². The molecule has 0 radical (unpaired) electrons. The van der Waals surface area contributed by atoms with Crippen LogP contribution in [0.5, 0.6) is 0 Å². The summed E-state index contributed by atoms with van der Waals surface area (Å²) >= 11 is 0. The van der Waals surface area contributed by atoms with Crippen molar-refractivity contribution in [3.05, 3.63) is 58.9 Å². The van der Waals surface area contributed by atoms with Gasteiger partial charge in [-0.1, -0.05) is 18.2 Å². The number of rotatable bonds is 6. The molecule has 2 rings (SSSR count). The fraction of sp³-hybridized carbons (Fsp3) is 0.368. The molecule has 0 spiro atoms. The highest BCUT2D eigenvalue weighted by Gasteiger charge is 2.12. The molecular weight excluding hydrogens is 302 g/mol. The molecule has 1 heterocycles. The Morgan fingerprint density at radius 1 is 1.08 bits per heavy atom. The van der Waals surface area contributed by atoms with Crippen molar-refractivity contribution in [1.82, 2.24) is 15.2 Å². The number of nitrogens with one attached hydrogen (secondary N) is 2. The molecule has 2 amide bonds. The Hall–Kier alpha value is -2.56. The Kier molecular flexibility index (Phi) is 5.79. The molecule has 1 aromatic carbocycles. The third-order valence-corrected chi connectivity index (χ3v) is 4.03. The first-order chi connectivity index (χ1) is 11.4. The molecule has 5 heteroatoms. The number of carbonyl (C=O) groups excluding carboxylic acids is 2. The summed E-state index contributed by atoms with van der Waals surface area (Å²) in [5.74, 6) is -0.447. The summed E-state index contributed by atoms with van der Waals surface area (Å²) in [5, 5.41) is 5.49. The normalized spacial score (nSPS) is 10.7. The number of aromatic nitrogens is 1. The molecule has 0 aliphatic rings. The van der Waals surface area contributed by atoms with E-state index >= 15 is 0 Å². The van der Waals surface area contributed by atoms with Crippen LogP contribution in [0.3, 0.4) is 0 Å². The molecule has 0 atom stereocenters. The minimum absolute atomic E-state index is 0.0311. The lowest BCUT2D eigenvalue weighted by Gasteiger charge is -2.14. The standard InChI is InChI=1S/C19H25N3O2/c1-13(2)22-14(3)10-17(15(22)4)11-20-18(23)12-21-19(24)16-8-6-5-7-9-16/h5-10,13H,11-12H2,1-4H3,(H,20,23)(H,21,24). The fourth-order valence-corrected chi connectivity index (χ4v) is 2.93. The molecule has 0 bridgehead atoms. The first kappa shape index (κ1) is 17.8. The van der Waals surface area contributed by atoms with Crippen LogP contribution in [0.15, 0.2) is 36.4 Å². The van der Waals surface area contributed by atoms with E-state index in [9.17, 15) is 9.59 Å². The highest BCUT2D eigenvalue weighted by atomic mass is 16.2. The number of aryl methyl sites for hydroxylation is 1. The summed E-state index contributed by atoms with van der Waals surface area (Å²) in [6.07, 6.45) is 0. The van der Waals surface area contributed by atoms with Crippen LogP contribution >= 0.6 is 0 Å². The maximum absolute atomic E-state index is 12.0. The number of carbonyl (C=O) groups is 2. The van der Waals surface area contributed by atoms with E-state index in [1.807, 2.05) is 6.07 Å². The van der Waals surface area contributed by atoms with Crippen LogP contribution in [0.4, 0.5) is 0 Å². The molecule has 0 saturated carbocycles. The summed E-state index contributed by atoms with van der Waals surface area (Å²) in [6.45, 7) is 8.84. The van der Waals surface area contributed by atoms with E-state index in [0.717, 1.165) is 11.3 Å². The van der Waals surface area contributed by atoms with Crippen molar-refractivity contribution >= 4 is 11.8 Å². The van der Waals surface area contributed by atoms with E-state index in [1.165, 1.54) is 5.69 Å². The van der Waals surface area contributed by atoms with Crippen molar-refractivity contribution in [3.63, 3.8) is 0 Å². The Balaban J connectivity index is 1.86. The minimum atomic E-state index is -0.247. The SMILES string of the molecule is Cc1cc(CNC(=O)CNC(=O)c2ccccc2)c(C)n1C(C)C. The fourth-order valence-electron chi connectivity index (χ4n) is 2.93. The van der Waals surface area contributed by atoms with Crippen LogP contribution in [0.2, 0.25) is 0 Å². The molecule has 0 aliphatic heterocycles. The van der Waals surface area contributed by atoms with Gasteiger partial charge in [-0.15, -0.1) is 0 Å². The van der Waals surface area contributed by atoms with E-state index in [-0.39, 0.29) is 18.4 Å². The Morgan fingerprint density at radius 2 is 1.75 bits per heavy atom. The molecule has 0 unspecified atom stereocenters. The van der Waals surface area contributed by atoms with Gasteiger partial charge in [0.15, 0.2) is 0 Å². The lowest BCUT2D eigenvalue weighted by Crippen LogP contribution is -2.36. The Labute approximate surface area is 143 Å². The third kappa shape index (κ3) is 4.25. The number of nitrogens with zero attached hydrogens (tertiary/aromatic N) is 1. The maximum Gasteiger partial charge on any atom is 0.251 e. The number of hydrogen-bond acceptors (Lipinski definition) is 2. The maximum atomic E-state index is 12.0. The van der Waals surface area contributed by atoms with Crippen molar-refractivity contribution in [2.45, 2.75) is 40.3 Å². The second kappa shape index (κ2) is 7.81. The summed E-state index contributed by atoms with van der Waals surface area (Å²) in [7, 11) is 0. The molecule has 0 aliphatic carbocycles. The number of hydrogen-bond donors (Lipinski definition) is 2. The van der Waals surface area contributed by atoms with E-state index in [4.69, 9.17) is 0 Å². The second-order valence-corrected chi connectivity index (χ2v) is 6.19. The van der Waals surface area contributed by atoms with Gasteiger partial charge in [-0.05, 0) is 51.5 Å². The molecule has 24 heavy (non-hydrogen) atoms. The van der Waals surface area contributed by atoms with Gasteiger partial charge in [-0.2, -0.15) is 0 Å². The van der Waals surface area contributed by atoms with Gasteiger partial charge in [0.2, 0.25) is 5.91 Å². The van der Waals surface area contributed by atoms with Gasteiger partial charge < -0.3 is 15.2 Å². The zero-order valence-electron chi connectivity index (χ0n) is 14.7. The minimum Gasteiger partial charge on any atom is -0.350 e. The van der Waals surface area contributed by atoms with Gasteiger partial charge in [0.25, 0.3) is 5.91 Å². The first-order valence-corrected chi connectivity index (χ1v) is 8.17. The van der Waals surface area contributed by atoms with Crippen LogP contribution < -0.4 is 10.6 Å². The van der Waals surface area contributed by atoms with Gasteiger partial charge in [-0.3, -0.25) is 9.59 Å². The van der Waals surface area contributed by atoms with Gasteiger partial charge in [0.05, 0.1) is 6.54 Å². The van der Waals surface area contributed by atoms with Gasteiger partial charge in [0.1, 0.15) is 0 Å². The number of benzene rings is 1. The summed E-state index contributed by atoms with van der Waals surface area (Å²) in [5.41, 5.74) is 4.00. The van der Waals surface area contributed by atoms with Gasteiger partial charge in [0, 0.05) is 29.5 Å². The Morgan fingerprint density at radius 3 is 2.33 bits per heavy atom. The monoisotopic (exact) mass is 327 g/mol. The van der Waals surface area contributed by atoms with Crippen molar-refractivity contribution in [1.29, 1.82) is 0 Å². The second-order valence-electron chi connectivity index (χ2n) is 6.19. The highest BCUT2D eigenvalue weighted by molar-refractivity contribution is 5.96. The number of amides is 2. The summed E-state index contributed by atoms with van der Waals surface area (Å²) in [4.78, 5) is 23.9. The molecule has 5 nitrogen and oxygen atoms in total. The van der Waals surface area contributed by atoms with E-state index < -0.39 is 0 Å². The van der Waals surface area contributed by atoms with Crippen LogP contribution in [-0.2, 0) is 11.3 Å². The van der Waals surface area contributed by atoms with Crippen LogP contribution in [-0.4, -0.2) is 22.9 Å². The molecule has 128 valence electrons. The van der Waals surface area contributed by atoms with E-state index in [2.05, 4.69) is 49.0 Å². The summed E-state index contributed by atoms with van der Waals surface area (Å²) in [6, 6.07) is 11.3. The van der Waals surface area contributed by atoms with Crippen LogP contribution in [0, 0.1) is 13.8 Å². The average molecular weight is 327 g/mol. The topological polar surface area (TPSA) is 63.1 Å². The molecule has 0 saturated heterocycles. The lowest BCUT2D eigenvalue weighted by molar-refractivity contribution is -0.120. The van der Waals surface area contributed by atoms with Gasteiger partial charge in [-0.25, -0.2) is 0 Å². The van der Waals surface area contributed by atoms with E-state index in [1.54, 1.807) is 24.3 Å². The van der Waals surface area contributed by atoms with Gasteiger partial charge >= 0.3 is 0 Å². The Bertz CT molecular complexity index is 718. The molecule has 2 aromatic rings. The van der Waals surface area contributed by atoms with Crippen molar-refractivity contribution in [2.75, 3.05) is 6.54 Å². The summed E-state index contributed by atoms with van der Waals surface area (Å²) < 4.78 is 2.25. The first-order valence-electron chi connectivity index (χ1n) is 8.17. The van der Waals surface area contributed by atoms with Crippen LogP contribution in [0.1, 0.15) is 47.2 Å². The van der Waals surface area contributed by atoms with Crippen molar-refractivity contribution in [2.24, 2.45) is 0 Å². The zero-order chi connectivity index (χ0) is 17.7. The largest absolute Gasteiger partial charge is 0.350 e. The predicted molar refractivity (Wildman–Crippen MR) is 94.9 cm³/mol. The van der Waals surface area contributed by atoms with Crippen molar-refractivity contribution in [3.8, 4) is 0 Å². The quantitative estimate of drug-likeness (QED) is 0.857. The highest BCUT2D eigenvalue weighted by Crippen LogP contribution is 2.19. The predicted octanol–water partition coefficient (Wildman–Crippen LogP) is 2.73. The molecule has 1 aromatic heterocycles. The molecule has 2 N–H and O–H groups in total.